The maximum Gasteiger partial charge on any atom is 0.392 e. The van der Waals surface area contributed by atoms with Gasteiger partial charge in [0.25, 0.3) is 0 Å². The van der Waals surface area contributed by atoms with E-state index in [0.29, 0.717) is 0 Å². The van der Waals surface area contributed by atoms with Crippen molar-refractivity contribution in [2.24, 2.45) is 0 Å². The molecule has 0 radical (unpaired) electrons. The number of nitriles is 1. The Morgan fingerprint density at radius 3 is 2.50 bits per heavy atom. The minimum atomic E-state index is -4.45. The van der Waals surface area contributed by atoms with E-state index >= 15 is 0 Å². The van der Waals surface area contributed by atoms with Crippen molar-refractivity contribution in [1.82, 2.24) is 0 Å². The topological polar surface area (TPSA) is 44.0 Å². The summed E-state index contributed by atoms with van der Waals surface area (Å²) in [7, 11) is 0. The van der Waals surface area contributed by atoms with E-state index in [1.807, 2.05) is 6.07 Å². The van der Waals surface area contributed by atoms with Gasteiger partial charge in [0.1, 0.15) is 0 Å². The predicted molar refractivity (Wildman–Crippen MR) is 51.4 cm³/mol. The molecule has 5 heteroatoms. The Balaban J connectivity index is 3.03. The van der Waals surface area contributed by atoms with Gasteiger partial charge in [-0.15, -0.1) is 0 Å². The Morgan fingerprint density at radius 2 is 2.00 bits per heavy atom. The maximum absolute atomic E-state index is 12.2. The van der Waals surface area contributed by atoms with E-state index in [1.165, 1.54) is 24.3 Å². The molecule has 1 unspecified atom stereocenters. The van der Waals surface area contributed by atoms with Gasteiger partial charge in [0.15, 0.2) is 0 Å². The zero-order chi connectivity index (χ0) is 12.4. The van der Waals surface area contributed by atoms with E-state index in [0.717, 1.165) is 6.92 Å². The third kappa shape index (κ3) is 3.24. The standard InChI is InChI=1S/C11H10F3NO/c1-10(16,7-11(12,13)14)9-4-2-3-8(5-9)6-15/h2-5,16H,7H2,1H3. The monoisotopic (exact) mass is 229 g/mol. The van der Waals surface area contributed by atoms with Crippen LogP contribution in [0.25, 0.3) is 0 Å². The average Bonchev–Trinajstić information content (AvgIpc) is 2.14. The third-order valence-corrected chi connectivity index (χ3v) is 2.16. The molecule has 86 valence electrons. The highest BCUT2D eigenvalue weighted by molar-refractivity contribution is 5.35. The number of nitrogens with zero attached hydrogens (tertiary/aromatic N) is 1. The molecule has 0 spiro atoms. The molecule has 0 saturated heterocycles. The van der Waals surface area contributed by atoms with Gasteiger partial charge in [-0.1, -0.05) is 12.1 Å². The molecule has 0 aliphatic rings. The van der Waals surface area contributed by atoms with Gasteiger partial charge >= 0.3 is 6.18 Å². The lowest BCUT2D eigenvalue weighted by atomic mass is 9.91. The molecule has 0 saturated carbocycles. The first-order valence-corrected chi connectivity index (χ1v) is 4.54. The van der Waals surface area contributed by atoms with Crippen molar-refractivity contribution in [2.45, 2.75) is 25.1 Å². The summed E-state index contributed by atoms with van der Waals surface area (Å²) in [4.78, 5) is 0. The summed E-state index contributed by atoms with van der Waals surface area (Å²) in [5, 5.41) is 18.3. The van der Waals surface area contributed by atoms with Gasteiger partial charge in [0, 0.05) is 0 Å². The fourth-order valence-corrected chi connectivity index (χ4v) is 1.42. The molecule has 2 nitrogen and oxygen atoms in total. The minimum Gasteiger partial charge on any atom is -0.385 e. The number of rotatable bonds is 2. The number of hydrogen-bond acceptors (Lipinski definition) is 2. The van der Waals surface area contributed by atoms with Crippen LogP contribution >= 0.6 is 0 Å². The zero-order valence-electron chi connectivity index (χ0n) is 8.54. The summed E-state index contributed by atoms with van der Waals surface area (Å²) >= 11 is 0. The van der Waals surface area contributed by atoms with E-state index in [2.05, 4.69) is 0 Å². The van der Waals surface area contributed by atoms with Crippen LogP contribution in [0.5, 0.6) is 0 Å². The molecule has 1 aromatic carbocycles. The lowest BCUT2D eigenvalue weighted by molar-refractivity contribution is -0.174. The molecule has 1 atom stereocenters. The molecule has 1 rings (SSSR count). The highest BCUT2D eigenvalue weighted by Crippen LogP contribution is 2.34. The summed E-state index contributed by atoms with van der Waals surface area (Å²) < 4.78 is 36.6. The van der Waals surface area contributed by atoms with Crippen molar-refractivity contribution in [2.75, 3.05) is 0 Å². The lowest BCUT2D eigenvalue weighted by Gasteiger charge is -2.25. The number of hydrogen-bond donors (Lipinski definition) is 1. The van der Waals surface area contributed by atoms with Crippen molar-refractivity contribution in [3.8, 4) is 6.07 Å². The highest BCUT2D eigenvalue weighted by Gasteiger charge is 2.39. The normalized spacial score (nSPS) is 15.2. The molecule has 0 aliphatic carbocycles. The first-order valence-electron chi connectivity index (χ1n) is 4.54. The largest absolute Gasteiger partial charge is 0.392 e. The van der Waals surface area contributed by atoms with Gasteiger partial charge in [-0.25, -0.2) is 0 Å². The maximum atomic E-state index is 12.2. The SMILES string of the molecule is CC(O)(CC(F)(F)F)c1cccc(C#N)c1. The quantitative estimate of drug-likeness (QED) is 0.847. The van der Waals surface area contributed by atoms with Crippen LogP contribution in [0.3, 0.4) is 0 Å². The molecule has 0 aromatic heterocycles. The molecule has 16 heavy (non-hydrogen) atoms. The second-order valence-electron chi connectivity index (χ2n) is 3.76. The Hall–Kier alpha value is -1.54. The Bertz CT molecular complexity index is 418. The molecular weight excluding hydrogens is 219 g/mol. The minimum absolute atomic E-state index is 0.0869. The van der Waals surface area contributed by atoms with Crippen LogP contribution in [0.15, 0.2) is 24.3 Å². The molecule has 0 bridgehead atoms. The highest BCUT2D eigenvalue weighted by atomic mass is 19.4. The van der Waals surface area contributed by atoms with Crippen LogP contribution in [0.2, 0.25) is 0 Å². The van der Waals surface area contributed by atoms with Gasteiger partial charge in [-0.05, 0) is 24.6 Å². The molecule has 0 aliphatic heterocycles. The summed E-state index contributed by atoms with van der Waals surface area (Å²) in [5.41, 5.74) is -1.70. The number of aliphatic hydroxyl groups is 1. The van der Waals surface area contributed by atoms with Crippen LogP contribution < -0.4 is 0 Å². The number of benzene rings is 1. The van der Waals surface area contributed by atoms with Gasteiger partial charge in [-0.3, -0.25) is 0 Å². The van der Waals surface area contributed by atoms with Crippen LogP contribution in [-0.2, 0) is 5.60 Å². The number of alkyl halides is 3. The van der Waals surface area contributed by atoms with Gasteiger partial charge in [0.05, 0.1) is 23.7 Å². The van der Waals surface area contributed by atoms with E-state index in [1.54, 1.807) is 0 Å². The molecule has 0 fully saturated rings. The second-order valence-corrected chi connectivity index (χ2v) is 3.76. The van der Waals surface area contributed by atoms with Crippen LogP contribution in [-0.4, -0.2) is 11.3 Å². The van der Waals surface area contributed by atoms with E-state index in [4.69, 9.17) is 5.26 Å². The fraction of sp³-hybridized carbons (Fsp3) is 0.364. The predicted octanol–water partition coefficient (Wildman–Crippen LogP) is 2.72. The van der Waals surface area contributed by atoms with Crippen molar-refractivity contribution in [3.05, 3.63) is 35.4 Å². The van der Waals surface area contributed by atoms with Crippen molar-refractivity contribution in [3.63, 3.8) is 0 Å². The molecule has 1 aromatic rings. The zero-order valence-corrected chi connectivity index (χ0v) is 8.54. The Labute approximate surface area is 90.9 Å². The molecular formula is C11H10F3NO. The Morgan fingerprint density at radius 1 is 1.38 bits per heavy atom. The lowest BCUT2D eigenvalue weighted by Crippen LogP contribution is -2.29. The van der Waals surface area contributed by atoms with Crippen molar-refractivity contribution < 1.29 is 18.3 Å². The Kier molecular flexibility index (Phi) is 3.24. The van der Waals surface area contributed by atoms with E-state index < -0.39 is 18.2 Å². The van der Waals surface area contributed by atoms with E-state index in [-0.39, 0.29) is 11.1 Å². The molecule has 0 amide bonds. The van der Waals surface area contributed by atoms with Gasteiger partial charge < -0.3 is 5.11 Å². The van der Waals surface area contributed by atoms with Crippen LogP contribution in [0.1, 0.15) is 24.5 Å². The fourth-order valence-electron chi connectivity index (χ4n) is 1.42. The number of halogens is 3. The van der Waals surface area contributed by atoms with Gasteiger partial charge in [-0.2, -0.15) is 18.4 Å². The average molecular weight is 229 g/mol. The summed E-state index contributed by atoms with van der Waals surface area (Å²) in [5.74, 6) is 0. The summed E-state index contributed by atoms with van der Waals surface area (Å²) in [6.07, 6.45) is -5.79. The first kappa shape index (κ1) is 12.5. The molecule has 1 N–H and O–H groups in total. The third-order valence-electron chi connectivity index (χ3n) is 2.16. The van der Waals surface area contributed by atoms with Crippen LogP contribution in [0.4, 0.5) is 13.2 Å². The van der Waals surface area contributed by atoms with Crippen molar-refractivity contribution in [1.29, 1.82) is 5.26 Å². The smallest absolute Gasteiger partial charge is 0.385 e. The van der Waals surface area contributed by atoms with Crippen LogP contribution in [0, 0.1) is 11.3 Å². The summed E-state index contributed by atoms with van der Waals surface area (Å²) in [6.45, 7) is 1.08. The first-order chi connectivity index (χ1) is 7.24. The second kappa shape index (κ2) is 4.14. The molecule has 0 heterocycles. The summed E-state index contributed by atoms with van der Waals surface area (Å²) in [6, 6.07) is 7.34. The van der Waals surface area contributed by atoms with Gasteiger partial charge in [0.2, 0.25) is 0 Å². The van der Waals surface area contributed by atoms with Crippen molar-refractivity contribution >= 4 is 0 Å². The van der Waals surface area contributed by atoms with E-state index in [9.17, 15) is 18.3 Å².